The van der Waals surface area contributed by atoms with Gasteiger partial charge in [0.2, 0.25) is 15.9 Å². The summed E-state index contributed by atoms with van der Waals surface area (Å²) in [5, 5.41) is 4.29. The third-order valence-corrected chi connectivity index (χ3v) is 6.21. The number of hydrogen-bond acceptors (Lipinski definition) is 6. The maximum absolute atomic E-state index is 12.6. The zero-order valence-electron chi connectivity index (χ0n) is 15.4. The van der Waals surface area contributed by atoms with Crippen LogP contribution in [0.2, 0.25) is 0 Å². The summed E-state index contributed by atoms with van der Waals surface area (Å²) in [6.07, 6.45) is 5.35. The number of fused-ring (bicyclic) bond motifs is 1. The molecule has 0 saturated heterocycles. The molecule has 0 spiro atoms. The minimum absolute atomic E-state index is 0.0897. The maximum Gasteiger partial charge on any atom is 0.244 e. The number of aliphatic imine (C=N–C) groups is 1. The van der Waals surface area contributed by atoms with Gasteiger partial charge in [-0.2, -0.15) is 0 Å². The van der Waals surface area contributed by atoms with E-state index in [0.717, 1.165) is 22.9 Å². The van der Waals surface area contributed by atoms with E-state index >= 15 is 0 Å². The lowest BCUT2D eigenvalue weighted by Crippen LogP contribution is -2.50. The first-order valence-electron chi connectivity index (χ1n) is 8.69. The van der Waals surface area contributed by atoms with Crippen LogP contribution in [0.15, 0.2) is 29.5 Å². The number of nitrogens with zero attached hydrogens (tertiary/aromatic N) is 2. The fraction of sp³-hybridized carbons (Fsp3) is 0.471. The minimum atomic E-state index is -3.50. The molecule has 0 saturated carbocycles. The molecule has 2 aromatic heterocycles. The summed E-state index contributed by atoms with van der Waals surface area (Å²) in [7, 11) is -3.50. The molecule has 3 heterocycles. The summed E-state index contributed by atoms with van der Waals surface area (Å²) in [6, 6.07) is 2.94. The Hall–Kier alpha value is -1.91. The standard InChI is InChI=1S/C17H23N5O3S2/c1-4-10(2)14(22-27(3,24)25)16(23)21-17-20-13(9-26-17)12-8-19-15-11(12)6-5-7-18-15/h5-8,10,13-14,22H,4,9H2,1-3H3,(H,18,19)(H,20,21,23)/t10-,13?,14-/m0/s1. The number of amides is 1. The Balaban J connectivity index is 1.75. The zero-order chi connectivity index (χ0) is 19.6. The minimum Gasteiger partial charge on any atom is -0.346 e. The van der Waals surface area contributed by atoms with Crippen LogP contribution in [0.3, 0.4) is 0 Å². The molecule has 1 aliphatic heterocycles. The molecule has 0 bridgehead atoms. The molecule has 146 valence electrons. The van der Waals surface area contributed by atoms with Gasteiger partial charge in [0, 0.05) is 29.1 Å². The van der Waals surface area contributed by atoms with E-state index in [9.17, 15) is 13.2 Å². The molecule has 0 aromatic carbocycles. The van der Waals surface area contributed by atoms with Gasteiger partial charge in [0.25, 0.3) is 0 Å². The molecule has 8 nitrogen and oxygen atoms in total. The lowest BCUT2D eigenvalue weighted by Gasteiger charge is -2.22. The largest absolute Gasteiger partial charge is 0.346 e. The van der Waals surface area contributed by atoms with Crippen LogP contribution in [-0.2, 0) is 14.8 Å². The Bertz CT molecular complexity index is 970. The molecule has 3 N–H and O–H groups in total. The first kappa shape index (κ1) is 19.8. The molecular formula is C17H23N5O3S2. The van der Waals surface area contributed by atoms with Crippen molar-refractivity contribution in [2.24, 2.45) is 10.9 Å². The number of carbonyl (C=O) groups excluding carboxylic acids is 1. The third-order valence-electron chi connectivity index (χ3n) is 4.56. The average molecular weight is 410 g/mol. The first-order chi connectivity index (χ1) is 12.8. The van der Waals surface area contributed by atoms with Crippen molar-refractivity contribution in [2.45, 2.75) is 32.4 Å². The SMILES string of the molecule is CC[C@H](C)[C@H](NS(C)(=O)=O)C(=O)NC1=NC(c2c[nH]c3ncccc23)CS1. The highest BCUT2D eigenvalue weighted by Gasteiger charge is 2.30. The molecule has 2 aromatic rings. The molecule has 27 heavy (non-hydrogen) atoms. The van der Waals surface area contributed by atoms with Crippen LogP contribution < -0.4 is 10.0 Å². The highest BCUT2D eigenvalue weighted by atomic mass is 32.2. The molecule has 1 amide bonds. The van der Waals surface area contributed by atoms with Gasteiger partial charge in [0.05, 0.1) is 12.3 Å². The third kappa shape index (κ3) is 4.69. The van der Waals surface area contributed by atoms with Crippen molar-refractivity contribution in [3.8, 4) is 0 Å². The number of rotatable bonds is 6. The molecule has 0 fully saturated rings. The summed E-state index contributed by atoms with van der Waals surface area (Å²) < 4.78 is 25.6. The average Bonchev–Trinajstić information content (AvgIpc) is 3.24. The number of carbonyl (C=O) groups is 1. The van der Waals surface area contributed by atoms with Crippen molar-refractivity contribution < 1.29 is 13.2 Å². The van der Waals surface area contributed by atoms with Gasteiger partial charge >= 0.3 is 0 Å². The smallest absolute Gasteiger partial charge is 0.244 e. The quantitative estimate of drug-likeness (QED) is 0.672. The van der Waals surface area contributed by atoms with E-state index < -0.39 is 16.1 Å². The van der Waals surface area contributed by atoms with Crippen LogP contribution >= 0.6 is 11.8 Å². The van der Waals surface area contributed by atoms with Crippen molar-refractivity contribution in [2.75, 3.05) is 12.0 Å². The Morgan fingerprint density at radius 1 is 1.48 bits per heavy atom. The molecule has 1 unspecified atom stereocenters. The number of pyridine rings is 1. The second kappa shape index (κ2) is 7.99. The number of amidine groups is 1. The predicted octanol–water partition coefficient (Wildman–Crippen LogP) is 1.79. The molecule has 0 radical (unpaired) electrons. The second-order valence-corrected chi connectivity index (χ2v) is 9.44. The van der Waals surface area contributed by atoms with E-state index in [4.69, 9.17) is 0 Å². The number of aromatic amines is 1. The Morgan fingerprint density at radius 2 is 2.26 bits per heavy atom. The van der Waals surface area contributed by atoms with Crippen LogP contribution in [-0.4, -0.2) is 47.5 Å². The van der Waals surface area contributed by atoms with E-state index in [1.165, 1.54) is 11.8 Å². The normalized spacial score (nSPS) is 19.7. The molecule has 10 heteroatoms. The lowest BCUT2D eigenvalue weighted by molar-refractivity contribution is -0.122. The van der Waals surface area contributed by atoms with Crippen LogP contribution in [0.4, 0.5) is 0 Å². The van der Waals surface area contributed by atoms with Crippen LogP contribution in [0.25, 0.3) is 11.0 Å². The Labute approximate surface area is 162 Å². The monoisotopic (exact) mass is 409 g/mol. The summed E-state index contributed by atoms with van der Waals surface area (Å²) in [4.78, 5) is 24.7. The summed E-state index contributed by atoms with van der Waals surface area (Å²) in [5.74, 6) is 0.176. The van der Waals surface area contributed by atoms with Crippen LogP contribution in [0.5, 0.6) is 0 Å². The summed E-state index contributed by atoms with van der Waals surface area (Å²) >= 11 is 1.45. The Kier molecular flexibility index (Phi) is 5.87. The van der Waals surface area contributed by atoms with Crippen LogP contribution in [0, 0.1) is 5.92 Å². The number of nitrogens with one attached hydrogen (secondary N) is 3. The van der Waals surface area contributed by atoms with Gasteiger partial charge < -0.3 is 10.3 Å². The number of thioether (sulfide) groups is 1. The highest BCUT2D eigenvalue weighted by Crippen LogP contribution is 2.33. The van der Waals surface area contributed by atoms with Gasteiger partial charge in [-0.1, -0.05) is 32.0 Å². The fourth-order valence-corrected chi connectivity index (χ4v) is 4.68. The fourth-order valence-electron chi connectivity index (χ4n) is 2.93. The van der Waals surface area contributed by atoms with Gasteiger partial charge in [-0.15, -0.1) is 0 Å². The van der Waals surface area contributed by atoms with Gasteiger partial charge in [-0.25, -0.2) is 18.1 Å². The van der Waals surface area contributed by atoms with Crippen molar-refractivity contribution in [3.05, 3.63) is 30.1 Å². The number of sulfonamides is 1. The Morgan fingerprint density at radius 3 is 2.96 bits per heavy atom. The highest BCUT2D eigenvalue weighted by molar-refractivity contribution is 8.14. The topological polar surface area (TPSA) is 116 Å². The molecule has 3 atom stereocenters. The molecular weight excluding hydrogens is 386 g/mol. The zero-order valence-corrected chi connectivity index (χ0v) is 17.0. The van der Waals surface area contributed by atoms with E-state index in [1.807, 2.05) is 32.2 Å². The van der Waals surface area contributed by atoms with E-state index in [0.29, 0.717) is 17.3 Å². The van der Waals surface area contributed by atoms with E-state index in [-0.39, 0.29) is 17.9 Å². The van der Waals surface area contributed by atoms with Crippen molar-refractivity contribution in [1.82, 2.24) is 20.0 Å². The lowest BCUT2D eigenvalue weighted by atomic mass is 9.99. The van der Waals surface area contributed by atoms with Gasteiger partial charge in [-0.05, 0) is 18.1 Å². The van der Waals surface area contributed by atoms with E-state index in [2.05, 4.69) is 25.0 Å². The molecule has 1 aliphatic rings. The van der Waals surface area contributed by atoms with Crippen molar-refractivity contribution >= 4 is 43.9 Å². The van der Waals surface area contributed by atoms with Gasteiger partial charge in [0.15, 0.2) is 5.17 Å². The maximum atomic E-state index is 12.6. The number of hydrogen-bond donors (Lipinski definition) is 3. The predicted molar refractivity (Wildman–Crippen MR) is 108 cm³/mol. The van der Waals surface area contributed by atoms with Gasteiger partial charge in [0.1, 0.15) is 11.7 Å². The summed E-state index contributed by atoms with van der Waals surface area (Å²) in [5.41, 5.74) is 1.84. The molecule has 3 rings (SSSR count). The van der Waals surface area contributed by atoms with Crippen LogP contribution in [0.1, 0.15) is 31.9 Å². The second-order valence-electron chi connectivity index (χ2n) is 6.65. The molecule has 0 aliphatic carbocycles. The summed E-state index contributed by atoms with van der Waals surface area (Å²) in [6.45, 7) is 3.76. The number of aromatic nitrogens is 2. The number of H-pyrrole nitrogens is 1. The van der Waals surface area contributed by atoms with Crippen molar-refractivity contribution in [3.63, 3.8) is 0 Å². The van der Waals surface area contributed by atoms with Gasteiger partial charge in [-0.3, -0.25) is 9.79 Å². The van der Waals surface area contributed by atoms with E-state index in [1.54, 1.807) is 6.20 Å². The first-order valence-corrected chi connectivity index (χ1v) is 11.6. The van der Waals surface area contributed by atoms with Crippen molar-refractivity contribution in [1.29, 1.82) is 0 Å².